The second kappa shape index (κ2) is 4.72. The maximum Gasteiger partial charge on any atom is 0.350 e. The van der Waals surface area contributed by atoms with Gasteiger partial charge in [-0.2, -0.15) is 0 Å². The van der Waals surface area contributed by atoms with E-state index in [-0.39, 0.29) is 22.9 Å². The number of rotatable bonds is 4. The maximum absolute atomic E-state index is 10.8. The summed E-state index contributed by atoms with van der Waals surface area (Å²) in [4.78, 5) is 24.6. The normalized spacial score (nSPS) is 10.2. The van der Waals surface area contributed by atoms with E-state index in [0.29, 0.717) is 0 Å². The largest absolute Gasteiger partial charge is 0.478 e. The van der Waals surface area contributed by atoms with Gasteiger partial charge in [-0.3, -0.25) is 19.8 Å². The van der Waals surface area contributed by atoms with Crippen molar-refractivity contribution in [3.05, 3.63) is 40.3 Å². The van der Waals surface area contributed by atoms with E-state index in [4.69, 9.17) is 9.84 Å². The molecule has 0 aliphatic carbocycles. The molecule has 0 atom stereocenters. The molecule has 0 unspecified atom stereocenters. The first-order chi connectivity index (χ1) is 8.97. The lowest BCUT2D eigenvalue weighted by atomic mass is 10.3. The monoisotopic (exact) mass is 264 g/mol. The van der Waals surface area contributed by atoms with E-state index in [2.05, 4.69) is 10.1 Å². The van der Waals surface area contributed by atoms with Gasteiger partial charge in [-0.25, -0.2) is 4.79 Å². The van der Waals surface area contributed by atoms with Gasteiger partial charge in [0.15, 0.2) is 0 Å². The van der Waals surface area contributed by atoms with Gasteiger partial charge in [0.1, 0.15) is 11.9 Å². The molecule has 0 aliphatic heterocycles. The van der Waals surface area contributed by atoms with Gasteiger partial charge in [0, 0.05) is 13.2 Å². The summed E-state index contributed by atoms with van der Waals surface area (Å²) in [5, 5.41) is 23.3. The van der Waals surface area contributed by atoms with Crippen LogP contribution in [0.4, 0.5) is 5.69 Å². The minimum atomic E-state index is -1.17. The van der Waals surface area contributed by atoms with Gasteiger partial charge >= 0.3 is 17.5 Å². The third kappa shape index (κ3) is 2.65. The van der Waals surface area contributed by atoms with Gasteiger partial charge in [-0.05, 0) is 6.07 Å². The van der Waals surface area contributed by atoms with Crippen molar-refractivity contribution >= 4 is 11.7 Å². The lowest BCUT2D eigenvalue weighted by Gasteiger charge is -2.02. The molecule has 2 heterocycles. The average Bonchev–Trinajstić information content (AvgIpc) is 2.70. The highest BCUT2D eigenvalue weighted by Crippen LogP contribution is 2.29. The lowest BCUT2D eigenvalue weighted by molar-refractivity contribution is -0.385. The summed E-state index contributed by atoms with van der Waals surface area (Å²) in [6.07, 6.45) is 3.57. The summed E-state index contributed by atoms with van der Waals surface area (Å²) in [6.45, 7) is 0. The molecule has 0 aliphatic rings. The number of aromatic carboxylic acids is 1. The van der Waals surface area contributed by atoms with E-state index in [9.17, 15) is 14.9 Å². The molecule has 2 aromatic rings. The van der Waals surface area contributed by atoms with Gasteiger partial charge in [-0.1, -0.05) is 0 Å². The number of ether oxygens (including phenoxy) is 1. The second-order valence-corrected chi connectivity index (χ2v) is 3.57. The number of hydrogen-bond acceptors (Lipinski definition) is 6. The summed E-state index contributed by atoms with van der Waals surface area (Å²) in [5.41, 5.74) is -0.403. The van der Waals surface area contributed by atoms with Crippen LogP contribution in [0.15, 0.2) is 24.7 Å². The number of nitrogens with zero attached hydrogens (tertiary/aromatic N) is 4. The number of carboxylic acid groups (broad SMARTS) is 1. The summed E-state index contributed by atoms with van der Waals surface area (Å²) in [5.74, 6) is -1.34. The fourth-order valence-electron chi connectivity index (χ4n) is 1.36. The molecular weight excluding hydrogens is 256 g/mol. The van der Waals surface area contributed by atoms with Crippen molar-refractivity contribution in [2.24, 2.45) is 7.05 Å². The van der Waals surface area contributed by atoms with Gasteiger partial charge in [-0.15, -0.1) is 5.10 Å². The summed E-state index contributed by atoms with van der Waals surface area (Å²) in [7, 11) is 1.51. The highest BCUT2D eigenvalue weighted by molar-refractivity contribution is 5.87. The van der Waals surface area contributed by atoms with Crippen LogP contribution in [0, 0.1) is 10.1 Å². The molecule has 0 saturated carbocycles. The topological polar surface area (TPSA) is 120 Å². The first kappa shape index (κ1) is 12.5. The molecule has 0 amide bonds. The number of pyridine rings is 1. The lowest BCUT2D eigenvalue weighted by Crippen LogP contribution is -1.98. The maximum atomic E-state index is 10.8. The van der Waals surface area contributed by atoms with E-state index < -0.39 is 10.9 Å². The Bertz CT molecular complexity index is 651. The smallest absolute Gasteiger partial charge is 0.350 e. The first-order valence-corrected chi connectivity index (χ1v) is 5.01. The quantitative estimate of drug-likeness (QED) is 0.650. The fourth-order valence-corrected chi connectivity index (χ4v) is 1.36. The molecule has 0 fully saturated rings. The Hall–Kier alpha value is -2.97. The third-order valence-corrected chi connectivity index (χ3v) is 2.15. The Kier molecular flexibility index (Phi) is 3.10. The molecule has 0 radical (unpaired) electrons. The van der Waals surface area contributed by atoms with Crippen molar-refractivity contribution in [2.45, 2.75) is 0 Å². The molecule has 0 saturated heterocycles. The van der Waals surface area contributed by atoms with Crippen molar-refractivity contribution in [3.8, 4) is 11.6 Å². The van der Waals surface area contributed by atoms with Crippen LogP contribution in [0.3, 0.4) is 0 Å². The van der Waals surface area contributed by atoms with Crippen molar-refractivity contribution in [3.63, 3.8) is 0 Å². The molecule has 1 N–H and O–H groups in total. The van der Waals surface area contributed by atoms with E-state index in [0.717, 1.165) is 6.20 Å². The number of carbonyl (C=O) groups is 1. The minimum absolute atomic E-state index is 0.0571. The molecule has 0 spiro atoms. The Morgan fingerprint density at radius 1 is 1.53 bits per heavy atom. The fraction of sp³-hybridized carbons (Fsp3) is 0.100. The average molecular weight is 264 g/mol. The Balaban J connectivity index is 2.33. The standard InChI is InChI=1S/C10H8N4O5/c1-13-5-8(14(17)18)9(12-13)19-7-2-6(10(15)16)3-11-4-7/h2-5H,1H3,(H,15,16). The van der Waals surface area contributed by atoms with E-state index >= 15 is 0 Å². The predicted octanol–water partition coefficient (Wildman–Crippen LogP) is 1.21. The SMILES string of the molecule is Cn1cc([N+](=O)[O-])c(Oc2cncc(C(=O)O)c2)n1. The van der Waals surface area contributed by atoms with E-state index in [1.807, 2.05) is 0 Å². The molecule has 2 rings (SSSR count). The Morgan fingerprint density at radius 3 is 2.89 bits per heavy atom. The zero-order valence-corrected chi connectivity index (χ0v) is 9.68. The van der Waals surface area contributed by atoms with Crippen LogP contribution in [0.25, 0.3) is 0 Å². The van der Waals surface area contributed by atoms with Crippen LogP contribution < -0.4 is 4.74 Å². The Labute approximate surface area is 106 Å². The second-order valence-electron chi connectivity index (χ2n) is 3.57. The van der Waals surface area contributed by atoms with Crippen LogP contribution >= 0.6 is 0 Å². The molecule has 0 aromatic carbocycles. The summed E-state index contributed by atoms with van der Waals surface area (Å²) in [6, 6.07) is 1.20. The number of nitro groups is 1. The summed E-state index contributed by atoms with van der Waals surface area (Å²) >= 11 is 0. The van der Waals surface area contributed by atoms with Crippen molar-refractivity contribution < 1.29 is 19.6 Å². The molecule has 98 valence electrons. The third-order valence-electron chi connectivity index (χ3n) is 2.15. The van der Waals surface area contributed by atoms with Crippen molar-refractivity contribution in [1.82, 2.24) is 14.8 Å². The molecule has 0 bridgehead atoms. The van der Waals surface area contributed by atoms with Crippen molar-refractivity contribution in [2.75, 3.05) is 0 Å². The van der Waals surface area contributed by atoms with Crippen LogP contribution in [0.2, 0.25) is 0 Å². The van der Waals surface area contributed by atoms with E-state index in [1.54, 1.807) is 0 Å². The summed E-state index contributed by atoms with van der Waals surface area (Å²) < 4.78 is 6.41. The minimum Gasteiger partial charge on any atom is -0.478 e. The van der Waals surface area contributed by atoms with Crippen molar-refractivity contribution in [1.29, 1.82) is 0 Å². The number of aromatic nitrogens is 3. The van der Waals surface area contributed by atoms with E-state index in [1.165, 1.54) is 30.2 Å². The van der Waals surface area contributed by atoms with Gasteiger partial charge in [0.05, 0.1) is 16.7 Å². The predicted molar refractivity (Wildman–Crippen MR) is 61.1 cm³/mol. The molecule has 2 aromatic heterocycles. The molecule has 19 heavy (non-hydrogen) atoms. The number of carboxylic acids is 1. The molecular formula is C10H8N4O5. The van der Waals surface area contributed by atoms with Gasteiger partial charge in [0.2, 0.25) is 0 Å². The molecule has 9 nitrogen and oxygen atoms in total. The van der Waals surface area contributed by atoms with Gasteiger partial charge < -0.3 is 9.84 Å². The zero-order chi connectivity index (χ0) is 14.0. The van der Waals surface area contributed by atoms with Crippen LogP contribution in [-0.4, -0.2) is 30.8 Å². The molecule has 9 heteroatoms. The first-order valence-electron chi connectivity index (χ1n) is 5.01. The number of aryl methyl sites for hydroxylation is 1. The highest BCUT2D eigenvalue weighted by atomic mass is 16.6. The van der Waals surface area contributed by atoms with Crippen LogP contribution in [-0.2, 0) is 7.05 Å². The van der Waals surface area contributed by atoms with Gasteiger partial charge in [0.25, 0.3) is 0 Å². The number of hydrogen-bond donors (Lipinski definition) is 1. The Morgan fingerprint density at radius 2 is 2.26 bits per heavy atom. The van der Waals surface area contributed by atoms with Crippen LogP contribution in [0.5, 0.6) is 11.6 Å². The highest BCUT2D eigenvalue weighted by Gasteiger charge is 2.21. The van der Waals surface area contributed by atoms with Crippen LogP contribution in [0.1, 0.15) is 10.4 Å². The zero-order valence-electron chi connectivity index (χ0n) is 9.68.